The fraction of sp³-hybridized carbons (Fsp3) is 0.581. The number of hydrogen-bond donors (Lipinski definition) is 2. The maximum Gasteiger partial charge on any atom is 0.328 e. The van der Waals surface area contributed by atoms with Gasteiger partial charge in [0.05, 0.1) is 32.1 Å². The minimum atomic E-state index is -0.816. The number of nitrogens with one attached hydrogen (secondary N) is 2. The Labute approximate surface area is 349 Å². The molecule has 2 aromatic rings. The Bertz CT molecular complexity index is 1770. The highest BCUT2D eigenvalue weighted by Crippen LogP contribution is 2.36. The third kappa shape index (κ3) is 10.5. The average molecular weight is 837 g/mol. The van der Waals surface area contributed by atoms with Crippen molar-refractivity contribution in [1.82, 2.24) is 20.4 Å². The van der Waals surface area contributed by atoms with Crippen molar-refractivity contribution in [3.63, 3.8) is 0 Å². The predicted octanol–water partition coefficient (Wildman–Crippen LogP) is 4.50. The van der Waals surface area contributed by atoms with Crippen LogP contribution < -0.4 is 15.4 Å². The third-order valence-corrected chi connectivity index (χ3v) is 14.5. The molecule has 0 saturated carbocycles. The van der Waals surface area contributed by atoms with Crippen LogP contribution in [0.4, 0.5) is 0 Å². The number of benzene rings is 2. The smallest absolute Gasteiger partial charge is 0.328 e. The van der Waals surface area contributed by atoms with Crippen LogP contribution >= 0.6 is 23.5 Å². The zero-order chi connectivity index (χ0) is 41.2. The first-order valence-corrected chi connectivity index (χ1v) is 22.5. The van der Waals surface area contributed by atoms with Crippen molar-refractivity contribution < 1.29 is 43.0 Å². The van der Waals surface area contributed by atoms with E-state index in [1.54, 1.807) is 40.4 Å². The number of piperidine rings is 2. The first-order valence-electron chi connectivity index (χ1n) is 20.4. The van der Waals surface area contributed by atoms with Crippen molar-refractivity contribution in [2.45, 2.75) is 112 Å². The van der Waals surface area contributed by atoms with Gasteiger partial charge in [-0.3, -0.25) is 19.2 Å². The molecule has 2 N–H and O–H groups in total. The van der Waals surface area contributed by atoms with E-state index in [-0.39, 0.29) is 34.4 Å². The lowest BCUT2D eigenvalue weighted by Gasteiger charge is -2.40. The van der Waals surface area contributed by atoms with Crippen LogP contribution in [-0.4, -0.2) is 113 Å². The second-order valence-corrected chi connectivity index (χ2v) is 18.1. The normalized spacial score (nSPS) is 25.8. The molecule has 6 rings (SSSR count). The Balaban J connectivity index is 1.22. The molecule has 8 atom stereocenters. The molecule has 58 heavy (non-hydrogen) atoms. The summed E-state index contributed by atoms with van der Waals surface area (Å²) >= 11 is 3.26. The van der Waals surface area contributed by atoms with Gasteiger partial charge < -0.3 is 34.6 Å². The Kier molecular flexibility index (Phi) is 15.4. The maximum atomic E-state index is 14.4. The number of hydrogen-bond acceptors (Lipinski definition) is 11. The zero-order valence-corrected chi connectivity index (χ0v) is 35.2. The standard InChI is InChI=1S/C43H56N4O9S2/c1-54-31-19-15-28(16-20-31)26-30(39(49)45-33-22-24-58-37-14-8-12-35(43(53)56-3)47(37)41(33)51)18-17-29(25-27-9-5-4-6-10-27)38(48)44-32-21-23-57-36-13-7-11-34(42(52)55-2)46(36)40(32)50/h4-6,9-10,15-16,19-20,29-30,32-37H,7-8,11-14,17-18,21-26H2,1-3H3,(H,44,48)(H,45,49)/t29-,30-,32+,33+,34+,35+,36?,37+/m1/s1. The van der Waals surface area contributed by atoms with E-state index in [2.05, 4.69) is 10.6 Å². The van der Waals surface area contributed by atoms with Gasteiger partial charge in [-0.2, -0.15) is 0 Å². The van der Waals surface area contributed by atoms with E-state index in [4.69, 9.17) is 14.2 Å². The Hall–Kier alpha value is -4.24. The Morgan fingerprint density at radius 3 is 1.52 bits per heavy atom. The molecule has 4 fully saturated rings. The molecule has 1 unspecified atom stereocenters. The van der Waals surface area contributed by atoms with E-state index in [1.807, 2.05) is 54.6 Å². The summed E-state index contributed by atoms with van der Waals surface area (Å²) in [6.45, 7) is 0. The van der Waals surface area contributed by atoms with Crippen molar-refractivity contribution in [1.29, 1.82) is 0 Å². The molecule has 314 valence electrons. The molecule has 0 radical (unpaired) electrons. The van der Waals surface area contributed by atoms with Gasteiger partial charge in [0.15, 0.2) is 0 Å². The lowest BCUT2D eigenvalue weighted by atomic mass is 9.86. The fourth-order valence-electron chi connectivity index (χ4n) is 8.68. The summed E-state index contributed by atoms with van der Waals surface area (Å²) in [5, 5.41) is 5.84. The molecule has 4 aliphatic heterocycles. The number of carbonyl (C=O) groups excluding carboxylic acids is 6. The minimum absolute atomic E-state index is 0.157. The second-order valence-electron chi connectivity index (χ2n) is 15.5. The van der Waals surface area contributed by atoms with Gasteiger partial charge in [0, 0.05) is 11.8 Å². The number of carbonyl (C=O) groups is 6. The summed E-state index contributed by atoms with van der Waals surface area (Å²) in [7, 11) is 4.25. The minimum Gasteiger partial charge on any atom is -0.497 e. The molecule has 15 heteroatoms. The first kappa shape index (κ1) is 43.3. The number of methoxy groups -OCH3 is 3. The van der Waals surface area contributed by atoms with Gasteiger partial charge in [-0.1, -0.05) is 42.5 Å². The topological polar surface area (TPSA) is 161 Å². The molecule has 13 nitrogen and oxygen atoms in total. The quantitative estimate of drug-likeness (QED) is 0.258. The highest BCUT2D eigenvalue weighted by Gasteiger charge is 2.45. The molecule has 0 bridgehead atoms. The van der Waals surface area contributed by atoms with Crippen LogP contribution in [0.3, 0.4) is 0 Å². The number of fused-ring (bicyclic) bond motifs is 2. The van der Waals surface area contributed by atoms with Crippen molar-refractivity contribution in [2.75, 3.05) is 32.8 Å². The summed E-state index contributed by atoms with van der Waals surface area (Å²) in [5.41, 5.74) is 1.84. The summed E-state index contributed by atoms with van der Waals surface area (Å²) in [6, 6.07) is 14.1. The van der Waals surface area contributed by atoms with E-state index >= 15 is 0 Å². The van der Waals surface area contributed by atoms with Crippen LogP contribution in [-0.2, 0) is 51.1 Å². The Morgan fingerprint density at radius 2 is 1.09 bits per heavy atom. The van der Waals surface area contributed by atoms with Gasteiger partial charge in [0.25, 0.3) is 0 Å². The SMILES string of the molecule is COC(=O)[C@@H]1CCCC2SCC[C@H](NC(=O)[C@H](CC[C@H](Cc3ccc(OC)cc3)C(=O)N[C@H]3CCS[C@H]4CCC[C@@H](C(=O)OC)N4C3=O)Cc3ccccc3)C(=O)N21. The van der Waals surface area contributed by atoms with E-state index < -0.39 is 47.9 Å². The third-order valence-electron chi connectivity index (χ3n) is 11.8. The molecule has 4 heterocycles. The molecule has 2 aromatic carbocycles. The van der Waals surface area contributed by atoms with Crippen LogP contribution in [0, 0.1) is 11.8 Å². The molecule has 0 aliphatic carbocycles. The average Bonchev–Trinajstić information content (AvgIpc) is 3.51. The van der Waals surface area contributed by atoms with Crippen molar-refractivity contribution in [3.05, 3.63) is 65.7 Å². The van der Waals surface area contributed by atoms with Gasteiger partial charge >= 0.3 is 11.9 Å². The number of esters is 2. The fourth-order valence-corrected chi connectivity index (χ4v) is 11.5. The van der Waals surface area contributed by atoms with Crippen LogP contribution in [0.1, 0.15) is 75.3 Å². The van der Waals surface area contributed by atoms with Gasteiger partial charge in [-0.05, 0) is 112 Å². The number of thioether (sulfide) groups is 2. The van der Waals surface area contributed by atoms with E-state index in [9.17, 15) is 28.8 Å². The maximum absolute atomic E-state index is 14.4. The molecular weight excluding hydrogens is 781 g/mol. The summed E-state index contributed by atoms with van der Waals surface area (Å²) < 4.78 is 15.5. The molecule has 4 amide bonds. The number of nitrogens with zero attached hydrogens (tertiary/aromatic N) is 2. The van der Waals surface area contributed by atoms with Crippen molar-refractivity contribution >= 4 is 59.1 Å². The van der Waals surface area contributed by atoms with E-state index in [0.29, 0.717) is 68.6 Å². The van der Waals surface area contributed by atoms with E-state index in [0.717, 1.165) is 36.8 Å². The monoisotopic (exact) mass is 836 g/mol. The first-order chi connectivity index (χ1) is 28.1. The van der Waals surface area contributed by atoms with Gasteiger partial charge in [-0.25, -0.2) is 9.59 Å². The molecular formula is C43H56N4O9S2. The lowest BCUT2D eigenvalue weighted by molar-refractivity contribution is -0.156. The van der Waals surface area contributed by atoms with Gasteiger partial charge in [0.1, 0.15) is 29.9 Å². The van der Waals surface area contributed by atoms with Crippen LogP contribution in [0.5, 0.6) is 5.75 Å². The molecule has 4 saturated heterocycles. The summed E-state index contributed by atoms with van der Waals surface area (Å²) in [5.74, 6) is -1.26. The number of ether oxygens (including phenoxy) is 3. The van der Waals surface area contributed by atoms with E-state index in [1.165, 1.54) is 14.2 Å². The van der Waals surface area contributed by atoms with Crippen LogP contribution in [0.2, 0.25) is 0 Å². The number of rotatable bonds is 14. The predicted molar refractivity (Wildman–Crippen MR) is 222 cm³/mol. The van der Waals surface area contributed by atoms with Crippen molar-refractivity contribution in [3.8, 4) is 5.75 Å². The zero-order valence-electron chi connectivity index (χ0n) is 33.6. The highest BCUT2D eigenvalue weighted by atomic mass is 32.2. The van der Waals surface area contributed by atoms with Gasteiger partial charge in [0.2, 0.25) is 23.6 Å². The molecule has 0 aromatic heterocycles. The summed E-state index contributed by atoms with van der Waals surface area (Å²) in [4.78, 5) is 85.8. The van der Waals surface area contributed by atoms with Crippen LogP contribution in [0.25, 0.3) is 0 Å². The second kappa shape index (κ2) is 20.6. The number of amides is 4. The lowest BCUT2D eigenvalue weighted by Crippen LogP contribution is -2.58. The van der Waals surface area contributed by atoms with Crippen molar-refractivity contribution in [2.24, 2.45) is 11.8 Å². The molecule has 4 aliphatic rings. The van der Waals surface area contributed by atoms with Gasteiger partial charge in [-0.15, -0.1) is 23.5 Å². The van der Waals surface area contributed by atoms with Crippen LogP contribution in [0.15, 0.2) is 54.6 Å². The summed E-state index contributed by atoms with van der Waals surface area (Å²) in [6.07, 6.45) is 6.43. The molecule has 0 spiro atoms. The highest BCUT2D eigenvalue weighted by molar-refractivity contribution is 8.00. The largest absolute Gasteiger partial charge is 0.497 e. The Morgan fingerprint density at radius 1 is 0.638 bits per heavy atom.